The lowest BCUT2D eigenvalue weighted by molar-refractivity contribution is 0.0712. The molecule has 5 nitrogen and oxygen atoms in total. The fraction of sp³-hybridized carbons (Fsp3) is 0.429. The smallest absolute Gasteiger partial charge is 0.254 e. The van der Waals surface area contributed by atoms with E-state index in [1.807, 2.05) is 18.2 Å². The Balaban J connectivity index is 0.000000552. The van der Waals surface area contributed by atoms with Gasteiger partial charge in [0.2, 0.25) is 0 Å². The minimum atomic E-state index is -0.470. The first-order valence-corrected chi connectivity index (χ1v) is 9.32. The van der Waals surface area contributed by atoms with Crippen LogP contribution >= 0.6 is 0 Å². The number of rotatable bonds is 3. The molecule has 5 heteroatoms. The van der Waals surface area contributed by atoms with E-state index in [0.717, 1.165) is 12.8 Å². The van der Waals surface area contributed by atoms with Gasteiger partial charge in [-0.25, -0.2) is 0 Å². The van der Waals surface area contributed by atoms with Gasteiger partial charge < -0.3 is 10.0 Å². The number of carbonyl (C=O) groups excluding carboxylic acids is 1. The van der Waals surface area contributed by atoms with Crippen LogP contribution in [0.2, 0.25) is 0 Å². The molecule has 26 heavy (non-hydrogen) atoms. The quantitative estimate of drug-likeness (QED) is 0.876. The number of hydrogen-bond acceptors (Lipinski definition) is 3. The van der Waals surface area contributed by atoms with Crippen molar-refractivity contribution in [1.29, 1.82) is 0 Å². The van der Waals surface area contributed by atoms with Crippen molar-refractivity contribution in [1.82, 2.24) is 9.88 Å². The third-order valence-corrected chi connectivity index (χ3v) is 4.63. The zero-order chi connectivity index (χ0) is 18.9. The Bertz CT molecular complexity index is 745. The number of benzene rings is 1. The Morgan fingerprint density at radius 3 is 2.27 bits per heavy atom. The van der Waals surface area contributed by atoms with Gasteiger partial charge >= 0.3 is 0 Å². The molecule has 0 radical (unpaired) electrons. The molecule has 1 amide bonds. The van der Waals surface area contributed by atoms with E-state index in [4.69, 9.17) is 0 Å². The molecule has 2 N–H and O–H groups in total. The molecule has 1 aliphatic rings. The molecular weight excluding hydrogens is 328 g/mol. The number of nitrogens with one attached hydrogen (secondary N) is 1. The highest BCUT2D eigenvalue weighted by Crippen LogP contribution is 2.28. The summed E-state index contributed by atoms with van der Waals surface area (Å²) >= 11 is 0. The van der Waals surface area contributed by atoms with Crippen LogP contribution in [0.4, 0.5) is 0 Å². The first-order valence-electron chi connectivity index (χ1n) is 9.32. The van der Waals surface area contributed by atoms with Crippen molar-refractivity contribution in [3.63, 3.8) is 0 Å². The molecule has 140 valence electrons. The molecule has 3 rings (SSSR count). The number of pyridine rings is 1. The molecule has 0 bridgehead atoms. The van der Waals surface area contributed by atoms with Crippen LogP contribution in [0.3, 0.4) is 0 Å². The number of likely N-dealkylation sites (tertiary alicyclic amines) is 1. The number of carbonyl (C=O) groups is 1. The second kappa shape index (κ2) is 9.80. The third kappa shape index (κ3) is 5.48. The van der Waals surface area contributed by atoms with Crippen molar-refractivity contribution >= 4 is 5.91 Å². The number of unbranched alkanes of at least 4 members (excludes halogenated alkanes) is 1. The summed E-state index contributed by atoms with van der Waals surface area (Å²) in [5, 5.41) is 9.41. The van der Waals surface area contributed by atoms with Crippen molar-refractivity contribution in [2.24, 2.45) is 0 Å². The summed E-state index contributed by atoms with van der Waals surface area (Å²) in [6, 6.07) is 12.8. The maximum atomic E-state index is 12.4. The fourth-order valence-corrected chi connectivity index (χ4v) is 2.98. The van der Waals surface area contributed by atoms with E-state index in [9.17, 15) is 14.7 Å². The first kappa shape index (κ1) is 19.8. The molecule has 1 aromatic heterocycles. The molecule has 1 aliphatic heterocycles. The molecule has 0 aliphatic carbocycles. The number of hydrogen-bond donors (Lipinski definition) is 2. The van der Waals surface area contributed by atoms with Gasteiger partial charge in [-0.2, -0.15) is 0 Å². The summed E-state index contributed by atoms with van der Waals surface area (Å²) in [7, 11) is 0. The number of aromatic nitrogens is 1. The zero-order valence-electron chi connectivity index (χ0n) is 15.6. The van der Waals surface area contributed by atoms with Gasteiger partial charge in [0, 0.05) is 25.2 Å². The van der Waals surface area contributed by atoms with Gasteiger partial charge in [-0.3, -0.25) is 14.6 Å². The molecule has 0 unspecified atom stereocenters. The number of piperidine rings is 1. The van der Waals surface area contributed by atoms with Gasteiger partial charge in [0.15, 0.2) is 5.88 Å². The van der Waals surface area contributed by atoms with Crippen LogP contribution < -0.4 is 5.56 Å². The van der Waals surface area contributed by atoms with Gasteiger partial charge in [0.25, 0.3) is 11.5 Å². The summed E-state index contributed by atoms with van der Waals surface area (Å²) in [5.74, 6) is -0.0132. The summed E-state index contributed by atoms with van der Waals surface area (Å²) < 4.78 is 0. The van der Waals surface area contributed by atoms with Crippen molar-refractivity contribution in [2.75, 3.05) is 13.1 Å². The van der Waals surface area contributed by atoms with Crippen LogP contribution in [0.1, 0.15) is 61.4 Å². The standard InChI is InChI=1S/C17H18N2O3.C4H10/c20-15-10-14(11-16(21)18-15)17(22)19-8-6-13(7-9-19)12-4-2-1-3-5-12;1-3-4-2/h1-5,10-11,13H,6-9H2,(H2,18,20,21);3-4H2,1-2H3. The van der Waals surface area contributed by atoms with Crippen LogP contribution in [0.15, 0.2) is 47.3 Å². The monoisotopic (exact) mass is 356 g/mol. The lowest BCUT2D eigenvalue weighted by atomic mass is 9.89. The number of aromatic amines is 1. The Morgan fingerprint density at radius 2 is 1.73 bits per heavy atom. The molecule has 0 saturated carbocycles. The summed E-state index contributed by atoms with van der Waals surface area (Å²) in [6.45, 7) is 5.68. The van der Waals surface area contributed by atoms with E-state index in [1.165, 1.54) is 30.5 Å². The topological polar surface area (TPSA) is 73.4 Å². The first-order chi connectivity index (χ1) is 12.5. The van der Waals surface area contributed by atoms with Crippen molar-refractivity contribution < 1.29 is 9.90 Å². The van der Waals surface area contributed by atoms with Gasteiger partial charge in [0.1, 0.15) is 0 Å². The van der Waals surface area contributed by atoms with Gasteiger partial charge in [0.05, 0.1) is 5.56 Å². The van der Waals surface area contributed by atoms with Gasteiger partial charge in [-0.1, -0.05) is 57.0 Å². The molecule has 0 spiro atoms. The summed E-state index contributed by atoms with van der Waals surface area (Å²) in [5.41, 5.74) is 1.07. The average Bonchev–Trinajstić information content (AvgIpc) is 2.67. The molecule has 1 aromatic carbocycles. The van der Waals surface area contributed by atoms with E-state index < -0.39 is 5.56 Å². The molecule has 1 saturated heterocycles. The SMILES string of the molecule is CCCC.O=C(c1cc(O)[nH]c(=O)c1)N1CCC(c2ccccc2)CC1. The minimum Gasteiger partial charge on any atom is -0.494 e. The molecular formula is C21H28N2O3. The maximum absolute atomic E-state index is 12.4. The van der Waals surface area contributed by atoms with E-state index >= 15 is 0 Å². The fourth-order valence-electron chi connectivity index (χ4n) is 2.98. The lowest BCUT2D eigenvalue weighted by Gasteiger charge is -2.32. The van der Waals surface area contributed by atoms with E-state index in [2.05, 4.69) is 31.0 Å². The normalized spacial score (nSPS) is 14.5. The molecule has 1 fully saturated rings. The van der Waals surface area contributed by atoms with Crippen molar-refractivity contribution in [2.45, 2.75) is 45.4 Å². The number of aromatic hydroxyl groups is 1. The Morgan fingerprint density at radius 1 is 1.12 bits per heavy atom. The van der Waals surface area contributed by atoms with Crippen LogP contribution in [0.5, 0.6) is 5.88 Å². The van der Waals surface area contributed by atoms with Crippen LogP contribution in [-0.4, -0.2) is 34.0 Å². The van der Waals surface area contributed by atoms with E-state index in [-0.39, 0.29) is 17.4 Å². The van der Waals surface area contributed by atoms with Crippen LogP contribution in [0, 0.1) is 0 Å². The third-order valence-electron chi connectivity index (χ3n) is 4.63. The Hall–Kier alpha value is -2.56. The van der Waals surface area contributed by atoms with Crippen LogP contribution in [0.25, 0.3) is 0 Å². The minimum absolute atomic E-state index is 0.201. The zero-order valence-corrected chi connectivity index (χ0v) is 15.6. The largest absolute Gasteiger partial charge is 0.494 e. The average molecular weight is 356 g/mol. The van der Waals surface area contributed by atoms with E-state index in [0.29, 0.717) is 19.0 Å². The van der Waals surface area contributed by atoms with Gasteiger partial charge in [-0.05, 0) is 24.3 Å². The Labute approximate surface area is 154 Å². The summed E-state index contributed by atoms with van der Waals surface area (Å²) in [6.07, 6.45) is 4.45. The predicted octanol–water partition coefficient (Wildman–Crippen LogP) is 3.91. The van der Waals surface area contributed by atoms with Crippen molar-refractivity contribution in [3.05, 3.63) is 63.9 Å². The maximum Gasteiger partial charge on any atom is 0.254 e. The second-order valence-electron chi connectivity index (χ2n) is 6.60. The lowest BCUT2D eigenvalue weighted by Crippen LogP contribution is -2.38. The molecule has 2 heterocycles. The number of amides is 1. The highest BCUT2D eigenvalue weighted by atomic mass is 16.3. The second-order valence-corrected chi connectivity index (χ2v) is 6.60. The summed E-state index contributed by atoms with van der Waals surface area (Å²) in [4.78, 5) is 27.7. The van der Waals surface area contributed by atoms with Gasteiger partial charge in [-0.15, -0.1) is 0 Å². The number of H-pyrrole nitrogens is 1. The Kier molecular flexibility index (Phi) is 7.45. The van der Waals surface area contributed by atoms with Crippen molar-refractivity contribution in [3.8, 4) is 5.88 Å². The highest BCUT2D eigenvalue weighted by molar-refractivity contribution is 5.94. The predicted molar refractivity (Wildman–Crippen MR) is 104 cm³/mol. The molecule has 0 atom stereocenters. The molecule has 2 aromatic rings. The van der Waals surface area contributed by atoms with Crippen LogP contribution in [-0.2, 0) is 0 Å². The van der Waals surface area contributed by atoms with E-state index in [1.54, 1.807) is 4.90 Å². The highest BCUT2D eigenvalue weighted by Gasteiger charge is 2.24. The number of nitrogens with zero attached hydrogens (tertiary/aromatic N) is 1.